The Hall–Kier alpha value is -1.86. The maximum Gasteiger partial charge on any atom is 0.280 e. The molecule has 2 aromatic rings. The summed E-state index contributed by atoms with van der Waals surface area (Å²) in [6.07, 6.45) is 1.46. The van der Waals surface area contributed by atoms with Gasteiger partial charge < -0.3 is 9.67 Å². The van der Waals surface area contributed by atoms with E-state index in [9.17, 15) is 8.42 Å². The highest BCUT2D eigenvalue weighted by molar-refractivity contribution is 7.92. The van der Waals surface area contributed by atoms with E-state index in [1.807, 2.05) is 0 Å². The summed E-state index contributed by atoms with van der Waals surface area (Å²) in [4.78, 5) is 4.01. The quantitative estimate of drug-likeness (QED) is 0.891. The van der Waals surface area contributed by atoms with E-state index in [1.54, 1.807) is 43.7 Å². The van der Waals surface area contributed by atoms with Gasteiger partial charge >= 0.3 is 0 Å². The molecule has 0 atom stereocenters. The van der Waals surface area contributed by atoms with Crippen molar-refractivity contribution in [3.05, 3.63) is 41.3 Å². The molecule has 20 heavy (non-hydrogen) atoms. The number of aliphatic hydroxyl groups is 1. The zero-order valence-corrected chi connectivity index (χ0v) is 12.4. The van der Waals surface area contributed by atoms with Crippen LogP contribution < -0.4 is 4.72 Å². The van der Waals surface area contributed by atoms with Crippen molar-refractivity contribution in [3.63, 3.8) is 0 Å². The van der Waals surface area contributed by atoms with E-state index in [0.717, 1.165) is 5.56 Å². The fourth-order valence-corrected chi connectivity index (χ4v) is 2.89. The first-order chi connectivity index (χ1) is 9.33. The Morgan fingerprint density at radius 3 is 2.60 bits per heavy atom. The van der Waals surface area contributed by atoms with E-state index in [2.05, 4.69) is 9.71 Å². The zero-order valence-electron chi connectivity index (χ0n) is 11.6. The predicted octanol–water partition coefficient (Wildman–Crippen LogP) is 1.33. The average Bonchev–Trinajstić information content (AvgIpc) is 2.73. The molecule has 2 rings (SSSR count). The number of hydrogen-bond acceptors (Lipinski definition) is 4. The third kappa shape index (κ3) is 2.83. The van der Waals surface area contributed by atoms with Gasteiger partial charge in [0, 0.05) is 13.2 Å². The highest BCUT2D eigenvalue weighted by Crippen LogP contribution is 2.21. The van der Waals surface area contributed by atoms with Gasteiger partial charge in [0.25, 0.3) is 10.0 Å². The first kappa shape index (κ1) is 14.5. The lowest BCUT2D eigenvalue weighted by Crippen LogP contribution is -2.14. The van der Waals surface area contributed by atoms with Crippen LogP contribution in [0.15, 0.2) is 29.4 Å². The highest BCUT2D eigenvalue weighted by Gasteiger charge is 2.19. The van der Waals surface area contributed by atoms with Crippen molar-refractivity contribution in [2.45, 2.75) is 25.5 Å². The SMILES string of the molecule is Cc1ccc(CO)cc1NS(=O)(=O)c1cn(C)c(C)n1. The molecule has 0 unspecified atom stereocenters. The van der Waals surface area contributed by atoms with Gasteiger partial charge in [0.1, 0.15) is 5.82 Å². The van der Waals surface area contributed by atoms with Gasteiger partial charge in [0.05, 0.1) is 12.3 Å². The third-order valence-electron chi connectivity index (χ3n) is 3.09. The number of rotatable bonds is 4. The second-order valence-corrected chi connectivity index (χ2v) is 6.28. The summed E-state index contributed by atoms with van der Waals surface area (Å²) < 4.78 is 28.7. The Balaban J connectivity index is 2.37. The number of hydrogen-bond donors (Lipinski definition) is 2. The van der Waals surface area contributed by atoms with E-state index in [1.165, 1.54) is 6.20 Å². The van der Waals surface area contributed by atoms with Crippen molar-refractivity contribution < 1.29 is 13.5 Å². The first-order valence-corrected chi connectivity index (χ1v) is 7.55. The summed E-state index contributed by atoms with van der Waals surface area (Å²) in [5, 5.41) is 9.09. The highest BCUT2D eigenvalue weighted by atomic mass is 32.2. The smallest absolute Gasteiger partial charge is 0.280 e. The first-order valence-electron chi connectivity index (χ1n) is 6.06. The maximum absolute atomic E-state index is 12.3. The molecule has 0 spiro atoms. The molecule has 1 aromatic carbocycles. The molecule has 1 heterocycles. The van der Waals surface area contributed by atoms with E-state index < -0.39 is 10.0 Å². The number of aromatic nitrogens is 2. The van der Waals surface area contributed by atoms with E-state index in [0.29, 0.717) is 17.1 Å². The van der Waals surface area contributed by atoms with Crippen LogP contribution in [0.3, 0.4) is 0 Å². The van der Waals surface area contributed by atoms with Gasteiger partial charge in [-0.05, 0) is 31.0 Å². The van der Waals surface area contributed by atoms with Gasteiger partial charge in [0.2, 0.25) is 0 Å². The van der Waals surface area contributed by atoms with Crippen LogP contribution in [0.25, 0.3) is 0 Å². The molecule has 0 saturated carbocycles. The number of benzene rings is 1. The van der Waals surface area contributed by atoms with Crippen molar-refractivity contribution in [3.8, 4) is 0 Å². The molecule has 2 N–H and O–H groups in total. The third-order valence-corrected chi connectivity index (χ3v) is 4.33. The van der Waals surface area contributed by atoms with Gasteiger partial charge in [-0.25, -0.2) is 4.98 Å². The molecule has 0 fully saturated rings. The van der Waals surface area contributed by atoms with Crippen LogP contribution in [0, 0.1) is 13.8 Å². The minimum absolute atomic E-state index is 0.0219. The molecule has 0 radical (unpaired) electrons. The molecule has 0 bridgehead atoms. The molecule has 108 valence electrons. The second kappa shape index (κ2) is 5.26. The zero-order chi connectivity index (χ0) is 14.9. The fraction of sp³-hybridized carbons (Fsp3) is 0.308. The van der Waals surface area contributed by atoms with Crippen molar-refractivity contribution in [2.24, 2.45) is 7.05 Å². The van der Waals surface area contributed by atoms with Gasteiger partial charge in [-0.15, -0.1) is 0 Å². The lowest BCUT2D eigenvalue weighted by Gasteiger charge is -2.10. The Morgan fingerprint density at radius 1 is 1.35 bits per heavy atom. The Morgan fingerprint density at radius 2 is 2.05 bits per heavy atom. The van der Waals surface area contributed by atoms with Crippen molar-refractivity contribution in [1.29, 1.82) is 0 Å². The lowest BCUT2D eigenvalue weighted by molar-refractivity contribution is 0.282. The number of nitrogens with one attached hydrogen (secondary N) is 1. The molecular weight excluding hydrogens is 278 g/mol. The Bertz CT molecular complexity index is 716. The minimum atomic E-state index is -3.73. The molecule has 0 amide bonds. The van der Waals surface area contributed by atoms with Crippen LogP contribution in [0.4, 0.5) is 5.69 Å². The normalized spacial score (nSPS) is 11.6. The summed E-state index contributed by atoms with van der Waals surface area (Å²) in [7, 11) is -1.99. The number of aliphatic hydroxyl groups excluding tert-OH is 1. The number of nitrogens with zero attached hydrogens (tertiary/aromatic N) is 2. The summed E-state index contributed by atoms with van der Waals surface area (Å²) in [6, 6.07) is 5.12. The molecule has 0 aliphatic rings. The van der Waals surface area contributed by atoms with Crippen LogP contribution in [-0.4, -0.2) is 23.1 Å². The molecule has 0 aliphatic carbocycles. The summed E-state index contributed by atoms with van der Waals surface area (Å²) in [5.74, 6) is 0.617. The van der Waals surface area contributed by atoms with Crippen LogP contribution in [0.5, 0.6) is 0 Å². The topological polar surface area (TPSA) is 84.2 Å². The van der Waals surface area contributed by atoms with Crippen molar-refractivity contribution >= 4 is 15.7 Å². The number of aryl methyl sites for hydroxylation is 3. The molecular formula is C13H17N3O3S. The number of anilines is 1. The Labute approximate surface area is 118 Å². The number of sulfonamides is 1. The molecule has 7 heteroatoms. The molecule has 0 aliphatic heterocycles. The molecule has 1 aromatic heterocycles. The minimum Gasteiger partial charge on any atom is -0.392 e. The molecule has 0 saturated heterocycles. The number of imidazole rings is 1. The predicted molar refractivity (Wildman–Crippen MR) is 75.9 cm³/mol. The summed E-state index contributed by atoms with van der Waals surface area (Å²) in [5.41, 5.74) is 1.86. The van der Waals surface area contributed by atoms with Crippen LogP contribution in [-0.2, 0) is 23.7 Å². The lowest BCUT2D eigenvalue weighted by atomic mass is 10.1. The van der Waals surface area contributed by atoms with Gasteiger partial charge in [-0.3, -0.25) is 4.72 Å². The second-order valence-electron chi connectivity index (χ2n) is 4.65. The van der Waals surface area contributed by atoms with Gasteiger partial charge in [0.15, 0.2) is 5.03 Å². The Kier molecular flexibility index (Phi) is 3.82. The summed E-state index contributed by atoms with van der Waals surface area (Å²) in [6.45, 7) is 3.39. The van der Waals surface area contributed by atoms with E-state index >= 15 is 0 Å². The summed E-state index contributed by atoms with van der Waals surface area (Å²) >= 11 is 0. The largest absolute Gasteiger partial charge is 0.392 e. The van der Waals surface area contributed by atoms with E-state index in [4.69, 9.17) is 5.11 Å². The average molecular weight is 295 g/mol. The van der Waals surface area contributed by atoms with Crippen LogP contribution >= 0.6 is 0 Å². The van der Waals surface area contributed by atoms with Crippen molar-refractivity contribution in [1.82, 2.24) is 9.55 Å². The van der Waals surface area contributed by atoms with Crippen LogP contribution in [0.1, 0.15) is 17.0 Å². The van der Waals surface area contributed by atoms with Crippen LogP contribution in [0.2, 0.25) is 0 Å². The van der Waals surface area contributed by atoms with E-state index in [-0.39, 0.29) is 11.6 Å². The fourth-order valence-electron chi connectivity index (χ4n) is 1.73. The van der Waals surface area contributed by atoms with Gasteiger partial charge in [-0.1, -0.05) is 12.1 Å². The molecule has 6 nitrogen and oxygen atoms in total. The van der Waals surface area contributed by atoms with Gasteiger partial charge in [-0.2, -0.15) is 8.42 Å². The monoisotopic (exact) mass is 295 g/mol. The maximum atomic E-state index is 12.3. The standard InChI is InChI=1S/C13H17N3O3S/c1-9-4-5-11(8-17)6-12(9)15-20(18,19)13-7-16(3)10(2)14-13/h4-7,15,17H,8H2,1-3H3. The van der Waals surface area contributed by atoms with Crippen molar-refractivity contribution in [2.75, 3.05) is 4.72 Å².